The van der Waals surface area contributed by atoms with Crippen molar-refractivity contribution in [2.24, 2.45) is 0 Å². The minimum absolute atomic E-state index is 0.116. The highest BCUT2D eigenvalue weighted by molar-refractivity contribution is 5.99. The van der Waals surface area contributed by atoms with Crippen LogP contribution in [-0.4, -0.2) is 31.6 Å². The predicted molar refractivity (Wildman–Crippen MR) is 105 cm³/mol. The van der Waals surface area contributed by atoms with E-state index in [1.165, 1.54) is 4.90 Å². The molecule has 6 nitrogen and oxygen atoms in total. The Bertz CT molecular complexity index is 800. The van der Waals surface area contributed by atoms with E-state index < -0.39 is 18.5 Å². The molecule has 0 atom stereocenters. The van der Waals surface area contributed by atoms with Crippen LogP contribution in [0, 0.1) is 11.3 Å². The van der Waals surface area contributed by atoms with Crippen LogP contribution >= 0.6 is 0 Å². The van der Waals surface area contributed by atoms with Crippen molar-refractivity contribution in [1.29, 1.82) is 5.26 Å². The van der Waals surface area contributed by atoms with E-state index in [0.29, 0.717) is 16.9 Å². The summed E-state index contributed by atoms with van der Waals surface area (Å²) in [5.41, 5.74) is 1.65. The molecule has 0 heterocycles. The largest absolute Gasteiger partial charge is 0.452 e. The van der Waals surface area contributed by atoms with Gasteiger partial charge in [-0.1, -0.05) is 43.7 Å². The Labute approximate surface area is 159 Å². The van der Waals surface area contributed by atoms with Gasteiger partial charge >= 0.3 is 5.97 Å². The van der Waals surface area contributed by atoms with Crippen molar-refractivity contribution in [2.75, 3.05) is 29.9 Å². The Hall–Kier alpha value is -3.33. The fourth-order valence-corrected chi connectivity index (χ4v) is 2.50. The number of benzene rings is 2. The molecule has 0 aliphatic carbocycles. The Morgan fingerprint density at radius 2 is 1.81 bits per heavy atom. The zero-order valence-corrected chi connectivity index (χ0v) is 15.4. The third-order valence-corrected chi connectivity index (χ3v) is 3.92. The van der Waals surface area contributed by atoms with Gasteiger partial charge in [0.1, 0.15) is 6.54 Å². The van der Waals surface area contributed by atoms with Crippen molar-refractivity contribution in [1.82, 2.24) is 0 Å². The van der Waals surface area contributed by atoms with Gasteiger partial charge < -0.3 is 10.1 Å². The van der Waals surface area contributed by atoms with E-state index >= 15 is 0 Å². The summed E-state index contributed by atoms with van der Waals surface area (Å²) in [6, 6.07) is 17.8. The van der Waals surface area contributed by atoms with Gasteiger partial charge in [0, 0.05) is 17.9 Å². The van der Waals surface area contributed by atoms with Crippen molar-refractivity contribution < 1.29 is 14.3 Å². The number of nitrogens with one attached hydrogen (secondary N) is 1. The van der Waals surface area contributed by atoms with Crippen LogP contribution in [0.3, 0.4) is 0 Å². The zero-order valence-electron chi connectivity index (χ0n) is 15.4. The molecule has 0 saturated heterocycles. The summed E-state index contributed by atoms with van der Waals surface area (Å²) < 4.78 is 5.21. The third-order valence-electron chi connectivity index (χ3n) is 3.92. The van der Waals surface area contributed by atoms with Gasteiger partial charge in [-0.15, -0.1) is 0 Å². The zero-order chi connectivity index (χ0) is 19.5. The normalized spacial score (nSPS) is 9.93. The SMILES string of the molecule is CCCCNc1ccccc1C(=O)OCC(=O)N(CC#N)c1ccccc1. The molecule has 0 aliphatic heterocycles. The molecule has 0 fully saturated rings. The Balaban J connectivity index is 2.02. The summed E-state index contributed by atoms with van der Waals surface area (Å²) in [7, 11) is 0. The number of hydrogen-bond donors (Lipinski definition) is 1. The smallest absolute Gasteiger partial charge is 0.340 e. The molecule has 1 amide bonds. The first-order valence-corrected chi connectivity index (χ1v) is 8.89. The van der Waals surface area contributed by atoms with E-state index in [0.717, 1.165) is 19.4 Å². The van der Waals surface area contributed by atoms with Gasteiger partial charge in [-0.25, -0.2) is 4.79 Å². The number of esters is 1. The first-order valence-electron chi connectivity index (χ1n) is 8.89. The van der Waals surface area contributed by atoms with Crippen molar-refractivity contribution in [3.05, 3.63) is 60.2 Å². The number of amides is 1. The molecule has 2 aromatic rings. The van der Waals surface area contributed by atoms with E-state index in [2.05, 4.69) is 12.2 Å². The van der Waals surface area contributed by atoms with E-state index in [1.54, 1.807) is 42.5 Å². The number of nitrogens with zero attached hydrogens (tertiary/aromatic N) is 2. The van der Waals surface area contributed by atoms with E-state index in [1.807, 2.05) is 18.2 Å². The maximum Gasteiger partial charge on any atom is 0.340 e. The first kappa shape index (κ1) is 20.0. The van der Waals surface area contributed by atoms with Crippen molar-refractivity contribution in [3.63, 3.8) is 0 Å². The fraction of sp³-hybridized carbons (Fsp3) is 0.286. The Morgan fingerprint density at radius 1 is 1.11 bits per heavy atom. The highest BCUT2D eigenvalue weighted by Gasteiger charge is 2.19. The van der Waals surface area contributed by atoms with Crippen LogP contribution in [0.2, 0.25) is 0 Å². The number of carbonyl (C=O) groups excluding carboxylic acids is 2. The second-order valence-corrected chi connectivity index (χ2v) is 5.88. The summed E-state index contributed by atoms with van der Waals surface area (Å²) in [6.07, 6.45) is 2.03. The summed E-state index contributed by atoms with van der Waals surface area (Å²) in [5.74, 6) is -1.03. The van der Waals surface area contributed by atoms with Crippen LogP contribution in [0.4, 0.5) is 11.4 Å². The predicted octanol–water partition coefficient (Wildman–Crippen LogP) is 3.61. The lowest BCUT2D eigenvalue weighted by molar-refractivity contribution is -0.121. The molecule has 140 valence electrons. The Morgan fingerprint density at radius 3 is 2.52 bits per heavy atom. The standard InChI is InChI=1S/C21H23N3O3/c1-2-3-14-23-19-12-8-7-11-18(19)21(26)27-16-20(25)24(15-13-22)17-9-5-4-6-10-17/h4-12,23H,2-3,14-16H2,1H3. The van der Waals surface area contributed by atoms with E-state index in [9.17, 15) is 9.59 Å². The molecule has 0 aliphatic rings. The molecule has 27 heavy (non-hydrogen) atoms. The number of anilines is 2. The number of hydrogen-bond acceptors (Lipinski definition) is 5. The molecule has 6 heteroatoms. The summed E-state index contributed by atoms with van der Waals surface area (Å²) in [6.45, 7) is 2.30. The molecule has 2 rings (SSSR count). The number of nitriles is 1. The second-order valence-electron chi connectivity index (χ2n) is 5.88. The van der Waals surface area contributed by atoms with Crippen LogP contribution in [-0.2, 0) is 9.53 Å². The molecule has 0 aromatic heterocycles. The molecule has 1 N–H and O–H groups in total. The minimum atomic E-state index is -0.576. The van der Waals surface area contributed by atoms with Gasteiger partial charge in [0.15, 0.2) is 6.61 Å². The molecule has 0 unspecified atom stereocenters. The van der Waals surface area contributed by atoms with Crippen LogP contribution in [0.1, 0.15) is 30.1 Å². The average Bonchev–Trinajstić information content (AvgIpc) is 2.71. The van der Waals surface area contributed by atoms with Crippen LogP contribution in [0.5, 0.6) is 0 Å². The number of unbranched alkanes of at least 4 members (excludes halogenated alkanes) is 1. The number of rotatable bonds is 9. The topological polar surface area (TPSA) is 82.4 Å². The average molecular weight is 365 g/mol. The summed E-state index contributed by atoms with van der Waals surface area (Å²) >= 11 is 0. The number of carbonyl (C=O) groups is 2. The number of ether oxygens (including phenoxy) is 1. The lowest BCUT2D eigenvalue weighted by atomic mass is 10.1. The van der Waals surface area contributed by atoms with Gasteiger partial charge in [0.25, 0.3) is 5.91 Å². The maximum atomic E-state index is 12.4. The highest BCUT2D eigenvalue weighted by atomic mass is 16.5. The Kier molecular flexibility index (Phi) is 7.86. The lowest BCUT2D eigenvalue weighted by Crippen LogP contribution is -2.35. The van der Waals surface area contributed by atoms with Crippen molar-refractivity contribution >= 4 is 23.3 Å². The van der Waals surface area contributed by atoms with Gasteiger partial charge in [0.2, 0.25) is 0 Å². The molecule has 0 spiro atoms. The molecule has 0 bridgehead atoms. The highest BCUT2D eigenvalue weighted by Crippen LogP contribution is 2.17. The molecular formula is C21H23N3O3. The van der Waals surface area contributed by atoms with Gasteiger partial charge in [-0.05, 0) is 30.7 Å². The van der Waals surface area contributed by atoms with Crippen molar-refractivity contribution in [3.8, 4) is 6.07 Å². The molecule has 2 aromatic carbocycles. The van der Waals surface area contributed by atoms with Crippen molar-refractivity contribution in [2.45, 2.75) is 19.8 Å². The minimum Gasteiger partial charge on any atom is -0.452 e. The quantitative estimate of drug-likeness (QED) is 0.417. The third kappa shape index (κ3) is 5.86. The first-order chi connectivity index (χ1) is 13.2. The number of para-hydroxylation sites is 2. The van der Waals surface area contributed by atoms with Crippen LogP contribution in [0.15, 0.2) is 54.6 Å². The van der Waals surface area contributed by atoms with E-state index in [4.69, 9.17) is 10.00 Å². The molecule has 0 saturated carbocycles. The summed E-state index contributed by atoms with van der Waals surface area (Å²) in [4.78, 5) is 26.2. The van der Waals surface area contributed by atoms with Gasteiger partial charge in [-0.3, -0.25) is 9.69 Å². The monoisotopic (exact) mass is 365 g/mol. The lowest BCUT2D eigenvalue weighted by Gasteiger charge is -2.19. The fourth-order valence-electron chi connectivity index (χ4n) is 2.50. The van der Waals surface area contributed by atoms with Crippen LogP contribution in [0.25, 0.3) is 0 Å². The summed E-state index contributed by atoms with van der Waals surface area (Å²) in [5, 5.41) is 12.2. The van der Waals surface area contributed by atoms with Gasteiger partial charge in [-0.2, -0.15) is 5.26 Å². The van der Waals surface area contributed by atoms with E-state index in [-0.39, 0.29) is 6.54 Å². The van der Waals surface area contributed by atoms with Gasteiger partial charge in [0.05, 0.1) is 11.6 Å². The molecule has 0 radical (unpaired) electrons. The maximum absolute atomic E-state index is 12.4. The second kappa shape index (κ2) is 10.6. The van der Waals surface area contributed by atoms with Crippen LogP contribution < -0.4 is 10.2 Å². The molecular weight excluding hydrogens is 342 g/mol.